The Balaban J connectivity index is 1.62. The van der Waals surface area contributed by atoms with Gasteiger partial charge in [-0.3, -0.25) is 9.69 Å². The average molecular weight is 463 g/mol. The Hall–Kier alpha value is -3.51. The van der Waals surface area contributed by atoms with Crippen molar-refractivity contribution >= 4 is 11.6 Å². The summed E-state index contributed by atoms with van der Waals surface area (Å²) in [4.78, 5) is 15.1. The first kappa shape index (κ1) is 25.1. The fourth-order valence-electron chi connectivity index (χ4n) is 3.74. The van der Waals surface area contributed by atoms with Gasteiger partial charge in [-0.15, -0.1) is 0 Å². The lowest BCUT2D eigenvalue weighted by atomic mass is 10.2. The van der Waals surface area contributed by atoms with Gasteiger partial charge in [0.2, 0.25) is 0 Å². The fraction of sp³-hybridized carbons (Fsp3) is 0.321. The number of benzene rings is 3. The normalized spacial score (nSPS) is 11.1. The molecular formula is C28H34N2O4. The zero-order valence-electron chi connectivity index (χ0n) is 20.6. The van der Waals surface area contributed by atoms with Gasteiger partial charge in [-0.05, 0) is 76.2 Å². The number of amides is 1. The van der Waals surface area contributed by atoms with Crippen molar-refractivity contribution in [3.63, 3.8) is 0 Å². The summed E-state index contributed by atoms with van der Waals surface area (Å²) in [5.74, 6) is 2.42. The smallest absolute Gasteiger partial charge is 0.255 e. The Bertz CT molecular complexity index is 1040. The number of carbonyl (C=O) groups excluding carboxylic acids is 1. The largest absolute Gasteiger partial charge is 0.493 e. The van der Waals surface area contributed by atoms with E-state index in [-0.39, 0.29) is 5.91 Å². The summed E-state index contributed by atoms with van der Waals surface area (Å²) in [6.07, 6.45) is 0. The lowest BCUT2D eigenvalue weighted by Gasteiger charge is -2.30. The molecule has 0 aliphatic heterocycles. The molecule has 0 radical (unpaired) electrons. The summed E-state index contributed by atoms with van der Waals surface area (Å²) in [5.41, 5.74) is 1.16. The van der Waals surface area contributed by atoms with Gasteiger partial charge >= 0.3 is 0 Å². The Morgan fingerprint density at radius 2 is 1.50 bits per heavy atom. The molecule has 34 heavy (non-hydrogen) atoms. The van der Waals surface area contributed by atoms with Crippen LogP contribution in [-0.4, -0.2) is 43.2 Å². The number of carbonyl (C=O) groups is 1. The van der Waals surface area contributed by atoms with Gasteiger partial charge in [0.25, 0.3) is 5.91 Å². The molecule has 180 valence electrons. The van der Waals surface area contributed by atoms with E-state index in [0.29, 0.717) is 47.2 Å². The molecule has 1 N–H and O–H groups in total. The van der Waals surface area contributed by atoms with Crippen molar-refractivity contribution < 1.29 is 19.0 Å². The Labute approximate surface area is 202 Å². The maximum absolute atomic E-state index is 12.8. The molecule has 3 aromatic carbocycles. The average Bonchev–Trinajstić information content (AvgIpc) is 2.82. The predicted octanol–water partition coefficient (Wildman–Crippen LogP) is 6.24. The topological polar surface area (TPSA) is 60.0 Å². The van der Waals surface area contributed by atoms with E-state index in [2.05, 4.69) is 37.9 Å². The second kappa shape index (κ2) is 12.1. The monoisotopic (exact) mass is 462 g/mol. The van der Waals surface area contributed by atoms with Crippen LogP contribution in [0.1, 0.15) is 38.1 Å². The minimum absolute atomic E-state index is 0.215. The van der Waals surface area contributed by atoms with Crippen LogP contribution in [0, 0.1) is 0 Å². The Morgan fingerprint density at radius 1 is 0.853 bits per heavy atom. The van der Waals surface area contributed by atoms with Gasteiger partial charge in [0.05, 0.1) is 7.11 Å². The first-order chi connectivity index (χ1) is 16.4. The standard InChI is InChI=1S/C28H34N2O4/c1-20(2)30(21(3)4)17-18-33-27-19-23(13-16-26(27)32-5)29-28(31)22-11-14-25(15-12-22)34-24-9-7-6-8-10-24/h6-16,19-21H,17-18H2,1-5H3,(H,29,31). The van der Waals surface area contributed by atoms with Gasteiger partial charge in [0.1, 0.15) is 18.1 Å². The highest BCUT2D eigenvalue weighted by molar-refractivity contribution is 6.04. The van der Waals surface area contributed by atoms with Gasteiger partial charge in [-0.1, -0.05) is 18.2 Å². The minimum Gasteiger partial charge on any atom is -0.493 e. The third kappa shape index (κ3) is 6.99. The molecule has 0 heterocycles. The maximum Gasteiger partial charge on any atom is 0.255 e. The van der Waals surface area contributed by atoms with Gasteiger partial charge in [-0.25, -0.2) is 0 Å². The van der Waals surface area contributed by atoms with Crippen molar-refractivity contribution in [3.05, 3.63) is 78.4 Å². The van der Waals surface area contributed by atoms with Crippen LogP contribution in [0.25, 0.3) is 0 Å². The third-order valence-electron chi connectivity index (χ3n) is 5.45. The molecule has 6 heteroatoms. The molecule has 0 aliphatic rings. The van der Waals surface area contributed by atoms with Crippen LogP contribution in [0.2, 0.25) is 0 Å². The molecule has 0 saturated carbocycles. The van der Waals surface area contributed by atoms with Crippen LogP contribution in [0.15, 0.2) is 72.8 Å². The van der Waals surface area contributed by atoms with E-state index < -0.39 is 0 Å². The van der Waals surface area contributed by atoms with Gasteiger partial charge in [0, 0.05) is 35.9 Å². The van der Waals surface area contributed by atoms with E-state index in [1.165, 1.54) is 0 Å². The minimum atomic E-state index is -0.215. The highest BCUT2D eigenvalue weighted by atomic mass is 16.5. The van der Waals surface area contributed by atoms with Crippen molar-refractivity contribution in [2.45, 2.75) is 39.8 Å². The molecule has 0 unspecified atom stereocenters. The predicted molar refractivity (Wildman–Crippen MR) is 136 cm³/mol. The quantitative estimate of drug-likeness (QED) is 0.366. The molecule has 0 bridgehead atoms. The van der Waals surface area contributed by atoms with Crippen LogP contribution < -0.4 is 19.5 Å². The SMILES string of the molecule is COc1ccc(NC(=O)c2ccc(Oc3ccccc3)cc2)cc1OCCN(C(C)C)C(C)C. The van der Waals surface area contributed by atoms with Gasteiger partial charge in [-0.2, -0.15) is 0 Å². The number of nitrogens with zero attached hydrogens (tertiary/aromatic N) is 1. The van der Waals surface area contributed by atoms with E-state index in [9.17, 15) is 4.79 Å². The first-order valence-electron chi connectivity index (χ1n) is 11.6. The number of hydrogen-bond donors (Lipinski definition) is 1. The highest BCUT2D eigenvalue weighted by Crippen LogP contribution is 2.30. The third-order valence-corrected chi connectivity index (χ3v) is 5.45. The Kier molecular flexibility index (Phi) is 8.93. The van der Waals surface area contributed by atoms with Crippen LogP contribution in [0.4, 0.5) is 5.69 Å². The van der Waals surface area contributed by atoms with E-state index >= 15 is 0 Å². The summed E-state index contributed by atoms with van der Waals surface area (Å²) in [6, 6.07) is 22.8. The zero-order chi connectivity index (χ0) is 24.5. The summed E-state index contributed by atoms with van der Waals surface area (Å²) >= 11 is 0. The molecule has 0 aliphatic carbocycles. The molecule has 0 fully saturated rings. The molecule has 0 spiro atoms. The van der Waals surface area contributed by atoms with Crippen LogP contribution in [0.3, 0.4) is 0 Å². The molecule has 0 atom stereocenters. The molecule has 1 amide bonds. The number of para-hydroxylation sites is 1. The van der Waals surface area contributed by atoms with Crippen molar-refractivity contribution in [1.29, 1.82) is 0 Å². The molecule has 6 nitrogen and oxygen atoms in total. The molecule has 3 aromatic rings. The van der Waals surface area contributed by atoms with Crippen molar-refractivity contribution in [2.24, 2.45) is 0 Å². The number of hydrogen-bond acceptors (Lipinski definition) is 5. The molecule has 0 saturated heterocycles. The zero-order valence-corrected chi connectivity index (χ0v) is 20.6. The number of nitrogens with one attached hydrogen (secondary N) is 1. The lowest BCUT2D eigenvalue weighted by Crippen LogP contribution is -2.39. The number of rotatable bonds is 11. The highest BCUT2D eigenvalue weighted by Gasteiger charge is 2.15. The van der Waals surface area contributed by atoms with E-state index in [4.69, 9.17) is 14.2 Å². The van der Waals surface area contributed by atoms with Crippen LogP contribution in [-0.2, 0) is 0 Å². The van der Waals surface area contributed by atoms with Crippen LogP contribution in [0.5, 0.6) is 23.0 Å². The number of anilines is 1. The van der Waals surface area contributed by atoms with E-state index in [0.717, 1.165) is 12.3 Å². The number of methoxy groups -OCH3 is 1. The van der Waals surface area contributed by atoms with Gasteiger partial charge in [0.15, 0.2) is 11.5 Å². The number of ether oxygens (including phenoxy) is 3. The second-order valence-electron chi connectivity index (χ2n) is 8.53. The second-order valence-corrected chi connectivity index (χ2v) is 8.53. The van der Waals surface area contributed by atoms with Crippen LogP contribution >= 0.6 is 0 Å². The van der Waals surface area contributed by atoms with Crippen molar-refractivity contribution in [3.8, 4) is 23.0 Å². The lowest BCUT2D eigenvalue weighted by molar-refractivity contribution is 0.102. The summed E-state index contributed by atoms with van der Waals surface area (Å²) in [7, 11) is 1.61. The van der Waals surface area contributed by atoms with E-state index in [1.807, 2.05) is 30.3 Å². The first-order valence-corrected chi connectivity index (χ1v) is 11.6. The molecule has 3 rings (SSSR count). The Morgan fingerprint density at radius 3 is 2.12 bits per heavy atom. The van der Waals surface area contributed by atoms with Crippen molar-refractivity contribution in [1.82, 2.24) is 4.90 Å². The molecular weight excluding hydrogens is 428 g/mol. The summed E-state index contributed by atoms with van der Waals surface area (Å²) in [5, 5.41) is 2.93. The summed E-state index contributed by atoms with van der Waals surface area (Å²) < 4.78 is 17.3. The fourth-order valence-corrected chi connectivity index (χ4v) is 3.74. The van der Waals surface area contributed by atoms with E-state index in [1.54, 1.807) is 49.6 Å². The summed E-state index contributed by atoms with van der Waals surface area (Å²) in [6.45, 7) is 10.0. The van der Waals surface area contributed by atoms with Crippen molar-refractivity contribution in [2.75, 3.05) is 25.6 Å². The maximum atomic E-state index is 12.8. The molecule has 0 aromatic heterocycles. The van der Waals surface area contributed by atoms with Gasteiger partial charge < -0.3 is 19.5 Å².